The molecule has 3 amide bonds. The summed E-state index contributed by atoms with van der Waals surface area (Å²) in [6, 6.07) is 14.6. The maximum Gasteiger partial charge on any atom is 0.313 e. The number of anilines is 1. The molecule has 0 saturated carbocycles. The number of aliphatic hydroxyl groups is 1. The van der Waals surface area contributed by atoms with E-state index < -0.39 is 47.7 Å². The van der Waals surface area contributed by atoms with E-state index in [1.807, 2.05) is 37.3 Å². The number of hydrogen-bond acceptors (Lipinski definition) is 7. The third kappa shape index (κ3) is 7.04. The number of fused-ring (bicyclic) bond motifs is 1. The molecule has 10 nitrogen and oxygen atoms in total. The lowest BCUT2D eigenvalue weighted by molar-refractivity contribution is -0.164. The number of nitrogens with zero attached hydrogens (tertiary/aromatic N) is 3. The van der Waals surface area contributed by atoms with Gasteiger partial charge in [0, 0.05) is 43.9 Å². The molecule has 2 aromatic carbocycles. The second-order valence-electron chi connectivity index (χ2n) is 13.1. The van der Waals surface area contributed by atoms with E-state index in [1.54, 1.807) is 58.2 Å². The molecule has 0 unspecified atom stereocenters. The summed E-state index contributed by atoms with van der Waals surface area (Å²) < 4.78 is 12.9. The Balaban J connectivity index is 1.48. The van der Waals surface area contributed by atoms with Crippen LogP contribution in [0, 0.1) is 11.8 Å². The number of carbonyl (C=O) groups excluding carboxylic acids is 4. The van der Waals surface area contributed by atoms with E-state index in [0.717, 1.165) is 0 Å². The topological polar surface area (TPSA) is 117 Å². The summed E-state index contributed by atoms with van der Waals surface area (Å²) in [7, 11) is 1.69. The molecule has 11 heteroatoms. The van der Waals surface area contributed by atoms with Gasteiger partial charge in [0.15, 0.2) is 0 Å². The van der Waals surface area contributed by atoms with Gasteiger partial charge < -0.3 is 29.3 Å². The number of amides is 3. The summed E-state index contributed by atoms with van der Waals surface area (Å²) in [5.74, 6) is -3.26. The molecule has 262 valence electrons. The Hall–Kier alpha value is -3.99. The van der Waals surface area contributed by atoms with Crippen LogP contribution in [-0.2, 0) is 28.7 Å². The molecule has 3 aliphatic rings. The molecule has 2 aromatic rings. The van der Waals surface area contributed by atoms with Gasteiger partial charge in [-0.3, -0.25) is 19.2 Å². The first kappa shape index (κ1) is 36.3. The van der Waals surface area contributed by atoms with Crippen LogP contribution in [-0.4, -0.2) is 89.1 Å². The third-order valence-electron chi connectivity index (χ3n) is 10.2. The predicted octanol–water partition coefficient (Wildman–Crippen LogP) is 5.10. The minimum absolute atomic E-state index is 0.0559. The van der Waals surface area contributed by atoms with Crippen LogP contribution in [0.25, 0.3) is 0 Å². The first-order chi connectivity index (χ1) is 23.6. The van der Waals surface area contributed by atoms with Crippen molar-refractivity contribution in [1.29, 1.82) is 0 Å². The zero-order chi connectivity index (χ0) is 35.3. The van der Waals surface area contributed by atoms with Crippen molar-refractivity contribution in [2.45, 2.75) is 75.3 Å². The van der Waals surface area contributed by atoms with E-state index in [-0.39, 0.29) is 43.8 Å². The molecule has 0 aromatic heterocycles. The summed E-state index contributed by atoms with van der Waals surface area (Å²) in [6.07, 6.45) is 4.49. The van der Waals surface area contributed by atoms with Crippen LogP contribution in [0.4, 0.5) is 5.69 Å². The number of halogens is 1. The second-order valence-corrected chi connectivity index (χ2v) is 13.5. The highest BCUT2D eigenvalue weighted by Crippen LogP contribution is 2.59. The van der Waals surface area contributed by atoms with Gasteiger partial charge in [-0.1, -0.05) is 54.1 Å². The Kier molecular flexibility index (Phi) is 11.6. The van der Waals surface area contributed by atoms with Crippen LogP contribution in [0.2, 0.25) is 5.02 Å². The third-order valence-corrected chi connectivity index (χ3v) is 10.5. The van der Waals surface area contributed by atoms with Gasteiger partial charge in [-0.25, -0.2) is 0 Å². The summed E-state index contributed by atoms with van der Waals surface area (Å²) in [6.45, 7) is 9.73. The molecule has 3 heterocycles. The minimum atomic E-state index is -1.24. The van der Waals surface area contributed by atoms with Crippen LogP contribution < -0.4 is 4.90 Å². The maximum atomic E-state index is 14.6. The van der Waals surface area contributed by atoms with Crippen molar-refractivity contribution in [3.8, 4) is 0 Å². The molecule has 0 aliphatic carbocycles. The largest absolute Gasteiger partial charge is 0.455 e. The van der Waals surface area contributed by atoms with Crippen molar-refractivity contribution >= 4 is 41.0 Å². The van der Waals surface area contributed by atoms with Crippen molar-refractivity contribution in [2.75, 3.05) is 31.6 Å². The lowest BCUT2D eigenvalue weighted by atomic mass is 9.70. The summed E-state index contributed by atoms with van der Waals surface area (Å²) >= 11 is 6.15. The van der Waals surface area contributed by atoms with Crippen molar-refractivity contribution in [2.24, 2.45) is 11.8 Å². The van der Waals surface area contributed by atoms with Gasteiger partial charge in [0.1, 0.15) is 17.7 Å². The molecule has 7 atom stereocenters. The Morgan fingerprint density at radius 3 is 2.49 bits per heavy atom. The molecule has 49 heavy (non-hydrogen) atoms. The number of esters is 1. The summed E-state index contributed by atoms with van der Waals surface area (Å²) in [5, 5.41) is 10.0. The van der Waals surface area contributed by atoms with Crippen LogP contribution in [0.5, 0.6) is 0 Å². The molecule has 0 radical (unpaired) electrons. The monoisotopic (exact) mass is 691 g/mol. The van der Waals surface area contributed by atoms with Gasteiger partial charge >= 0.3 is 5.97 Å². The maximum absolute atomic E-state index is 14.6. The fourth-order valence-corrected chi connectivity index (χ4v) is 7.80. The zero-order valence-electron chi connectivity index (χ0n) is 28.2. The van der Waals surface area contributed by atoms with Gasteiger partial charge in [-0.05, 0) is 68.9 Å². The molecule has 5 rings (SSSR count). The predicted molar refractivity (Wildman–Crippen MR) is 187 cm³/mol. The normalized spacial score (nSPS) is 25.0. The second kappa shape index (κ2) is 15.7. The number of allylic oxidation sites excluding steroid dienone is 1. The molecule has 1 spiro atoms. The molecule has 2 bridgehead atoms. The Morgan fingerprint density at radius 1 is 1.12 bits per heavy atom. The fraction of sp³-hybridized carbons (Fsp3) is 0.474. The molecule has 1 N–H and O–H groups in total. The van der Waals surface area contributed by atoms with Crippen molar-refractivity contribution in [3.05, 3.63) is 90.5 Å². The van der Waals surface area contributed by atoms with Crippen LogP contribution in [0.1, 0.15) is 57.1 Å². The highest BCUT2D eigenvalue weighted by Gasteiger charge is 2.75. The van der Waals surface area contributed by atoms with E-state index in [0.29, 0.717) is 48.4 Å². The fourth-order valence-electron chi connectivity index (χ4n) is 7.68. The van der Waals surface area contributed by atoms with Crippen molar-refractivity contribution < 1.29 is 33.8 Å². The average Bonchev–Trinajstić information content (AvgIpc) is 3.75. The van der Waals surface area contributed by atoms with E-state index in [2.05, 4.69) is 13.2 Å². The number of aliphatic hydroxyl groups excluding tert-OH is 1. The smallest absolute Gasteiger partial charge is 0.313 e. The van der Waals surface area contributed by atoms with E-state index >= 15 is 0 Å². The number of rotatable bonds is 16. The first-order valence-electron chi connectivity index (χ1n) is 17.0. The number of hydrogen-bond donors (Lipinski definition) is 1. The van der Waals surface area contributed by atoms with Gasteiger partial charge in [0.2, 0.25) is 11.8 Å². The Bertz CT molecular complexity index is 1540. The van der Waals surface area contributed by atoms with Gasteiger partial charge in [0.25, 0.3) is 5.91 Å². The van der Waals surface area contributed by atoms with E-state index in [9.17, 15) is 24.3 Å². The number of benzene rings is 2. The lowest BCUT2D eigenvalue weighted by Gasteiger charge is -2.37. The highest BCUT2D eigenvalue weighted by atomic mass is 35.5. The lowest BCUT2D eigenvalue weighted by Crippen LogP contribution is -2.56. The Morgan fingerprint density at radius 2 is 1.84 bits per heavy atom. The Labute approximate surface area is 293 Å². The zero-order valence-corrected chi connectivity index (χ0v) is 29.0. The molecule has 3 fully saturated rings. The number of ether oxygens (including phenoxy) is 2. The molecular weight excluding hydrogens is 646 g/mol. The molecular formula is C38H46ClN3O7. The number of likely N-dealkylation sites (tertiary alicyclic amines) is 1. The highest BCUT2D eigenvalue weighted by molar-refractivity contribution is 6.30. The average molecular weight is 692 g/mol. The van der Waals surface area contributed by atoms with E-state index in [1.165, 1.54) is 0 Å². The number of carbonyl (C=O) groups is 4. The van der Waals surface area contributed by atoms with Crippen molar-refractivity contribution in [1.82, 2.24) is 9.80 Å². The van der Waals surface area contributed by atoms with E-state index in [4.69, 9.17) is 21.1 Å². The van der Waals surface area contributed by atoms with Gasteiger partial charge in [0.05, 0.1) is 24.0 Å². The van der Waals surface area contributed by atoms with Crippen LogP contribution >= 0.6 is 11.6 Å². The number of likely N-dealkylation sites (N-methyl/N-ethyl adjacent to an activating group) is 1. The van der Waals surface area contributed by atoms with Gasteiger partial charge in [-0.15, -0.1) is 13.2 Å². The van der Waals surface area contributed by atoms with Crippen LogP contribution in [0.3, 0.4) is 0 Å². The number of unbranched alkanes of at least 4 members (excludes halogenated alkanes) is 1. The SMILES string of the molecule is C=CCCC(=O)N(C)[C@H](C)[C@H](OC(=O)[C@@H]1[C@@H]2CC[C@]3(O2)[C@H](C(=O)N(CC=C)c2ccc(Cl)cc2)N(CCCCO)C(=O)[C@@H]13)c1ccccc1. The first-order valence-corrected chi connectivity index (χ1v) is 17.4. The van der Waals surface area contributed by atoms with Gasteiger partial charge in [-0.2, -0.15) is 0 Å². The minimum Gasteiger partial charge on any atom is -0.455 e. The molecule has 3 aliphatic heterocycles. The van der Waals surface area contributed by atoms with Crippen molar-refractivity contribution in [3.63, 3.8) is 0 Å². The van der Waals surface area contributed by atoms with Crippen LogP contribution in [0.15, 0.2) is 79.9 Å². The molecule has 3 saturated heterocycles. The summed E-state index contributed by atoms with van der Waals surface area (Å²) in [5.41, 5.74) is 0.0654. The summed E-state index contributed by atoms with van der Waals surface area (Å²) in [4.78, 5) is 61.1. The standard InChI is InChI=1S/C38H46ClN3O7/c1-5-7-15-30(44)40(4)25(3)33(26-13-9-8-10-14-26)48-37(47)31-29-20-21-38(49-29)32(31)35(45)42(23-11-12-24-43)34(38)36(46)41(22-6-2)28-18-16-27(39)17-19-28/h5-6,8-10,13-14,16-19,25,29,31-34,43H,1-2,7,11-12,15,20-24H2,3-4H3/t25-,29+,31-,32-,33+,34+,38-/m1/s1. The quantitative estimate of drug-likeness (QED) is 0.148.